The van der Waals surface area contributed by atoms with Gasteiger partial charge in [0.05, 0.1) is 50.4 Å². The summed E-state index contributed by atoms with van der Waals surface area (Å²) in [6.07, 6.45) is 0. The van der Waals surface area contributed by atoms with E-state index < -0.39 is 0 Å². The van der Waals surface area contributed by atoms with Crippen LogP contribution in [0.1, 0.15) is 0 Å². The van der Waals surface area contributed by atoms with Gasteiger partial charge >= 0.3 is 0 Å². The Morgan fingerprint density at radius 2 is 1.55 bits per heavy atom. The normalized spacial score (nSPS) is 16.2. The number of piperazine rings is 1. The molecule has 31 heavy (non-hydrogen) atoms. The van der Waals surface area contributed by atoms with Gasteiger partial charge < -0.3 is 24.3 Å². The Hall–Kier alpha value is -3.50. The maximum atomic E-state index is 13.1. The highest BCUT2D eigenvalue weighted by Crippen LogP contribution is 2.40. The van der Waals surface area contributed by atoms with E-state index in [0.29, 0.717) is 12.4 Å². The van der Waals surface area contributed by atoms with Crippen molar-refractivity contribution < 1.29 is 14.4 Å². The molecule has 2 heterocycles. The highest BCUT2D eigenvalue weighted by molar-refractivity contribution is 6.03. The lowest BCUT2D eigenvalue weighted by molar-refractivity contribution is -0.892. The number of carbonyl (C=O) groups excluding carboxylic acids is 1. The van der Waals surface area contributed by atoms with Crippen LogP contribution in [0.4, 0.5) is 17.1 Å². The summed E-state index contributed by atoms with van der Waals surface area (Å²) in [4.78, 5) is 20.5. The Balaban J connectivity index is 1.45. The van der Waals surface area contributed by atoms with Gasteiger partial charge in [0.15, 0.2) is 0 Å². The number of ether oxygens (including phenoxy) is 1. The number of para-hydroxylation sites is 4. The zero-order valence-electron chi connectivity index (χ0n) is 18.3. The van der Waals surface area contributed by atoms with Crippen LogP contribution < -0.4 is 24.3 Å². The second kappa shape index (κ2) is 8.70. The maximum Gasteiger partial charge on any atom is 0.231 e. The second-order valence-corrected chi connectivity index (χ2v) is 7.93. The lowest BCUT2D eigenvalue weighted by atomic mass is 10.1. The van der Waals surface area contributed by atoms with Crippen LogP contribution in [0, 0.1) is 11.3 Å². The molecule has 0 saturated carbocycles. The largest absolute Gasteiger partial charge is 0.495 e. The van der Waals surface area contributed by atoms with Crippen LogP contribution in [0.2, 0.25) is 0 Å². The average molecular weight is 419 g/mol. The molecule has 1 N–H and O–H groups in total. The number of Topliss-reactive ketones (excluding diaryl/α,β-unsaturated/α-hetero) is 1. The summed E-state index contributed by atoms with van der Waals surface area (Å²) >= 11 is 0. The Kier molecular flexibility index (Phi) is 5.83. The fourth-order valence-corrected chi connectivity index (χ4v) is 4.50. The Morgan fingerprint density at radius 3 is 2.10 bits per heavy atom. The average Bonchev–Trinajstić information content (AvgIpc) is 3.05. The lowest BCUT2D eigenvalue weighted by Crippen LogP contribution is -3.15. The van der Waals surface area contributed by atoms with Crippen molar-refractivity contribution in [2.75, 3.05) is 68.6 Å². The first kappa shape index (κ1) is 20.8. The predicted octanol–water partition coefficient (Wildman–Crippen LogP) is 1.29. The van der Waals surface area contributed by atoms with Crippen LogP contribution in [0.5, 0.6) is 5.75 Å². The smallest absolute Gasteiger partial charge is 0.231 e. The standard InChI is InChI=1S/C24H27N5O2/c1-26-19-8-4-5-9-20(19)27(2)24(26)18(16-25)22(30)17-28-12-14-29(15-13-28)21-10-6-7-11-23(21)31-3/h4-11H,12-15,17H2,1-3H3/p+1. The first-order valence-electron chi connectivity index (χ1n) is 10.5. The molecule has 0 amide bonds. The quantitative estimate of drug-likeness (QED) is 0.583. The fraction of sp³-hybridized carbons (Fsp3) is 0.333. The molecule has 0 atom stereocenters. The van der Waals surface area contributed by atoms with Crippen LogP contribution in [0.15, 0.2) is 59.9 Å². The summed E-state index contributed by atoms with van der Waals surface area (Å²) in [5, 5.41) is 9.84. The molecule has 0 aliphatic carbocycles. The third-order valence-corrected chi connectivity index (χ3v) is 6.16. The van der Waals surface area contributed by atoms with E-state index in [9.17, 15) is 10.1 Å². The number of methoxy groups -OCH3 is 1. The van der Waals surface area contributed by atoms with Crippen LogP contribution in [0.25, 0.3) is 0 Å². The van der Waals surface area contributed by atoms with Crippen molar-refractivity contribution in [2.45, 2.75) is 0 Å². The molecule has 0 bridgehead atoms. The summed E-state index contributed by atoms with van der Waals surface area (Å²) in [5.41, 5.74) is 3.31. The number of fused-ring (bicyclic) bond motifs is 1. The zero-order chi connectivity index (χ0) is 22.0. The SMILES string of the molecule is COc1ccccc1N1CC[NH+](CC(=O)C(C#N)=C2N(C)c3ccccc3N2C)CC1. The van der Waals surface area contributed by atoms with E-state index in [1.54, 1.807) is 7.11 Å². The van der Waals surface area contributed by atoms with Gasteiger partial charge in [-0.2, -0.15) is 5.26 Å². The Morgan fingerprint density at radius 1 is 1.00 bits per heavy atom. The molecule has 2 aromatic rings. The zero-order valence-corrected chi connectivity index (χ0v) is 18.3. The number of hydrogen-bond acceptors (Lipinski definition) is 6. The van der Waals surface area contributed by atoms with Crippen LogP contribution >= 0.6 is 0 Å². The molecular formula is C24H28N5O2+. The van der Waals surface area contributed by atoms with Crippen molar-refractivity contribution in [2.24, 2.45) is 0 Å². The van der Waals surface area contributed by atoms with Crippen molar-refractivity contribution in [1.29, 1.82) is 5.26 Å². The van der Waals surface area contributed by atoms with E-state index in [-0.39, 0.29) is 11.4 Å². The molecule has 0 radical (unpaired) electrons. The van der Waals surface area contributed by atoms with Crippen molar-refractivity contribution in [3.8, 4) is 11.8 Å². The number of benzene rings is 2. The molecule has 1 saturated heterocycles. The number of carbonyl (C=O) groups is 1. The van der Waals surface area contributed by atoms with Gasteiger partial charge in [-0.25, -0.2) is 0 Å². The van der Waals surface area contributed by atoms with Gasteiger partial charge in [0.25, 0.3) is 0 Å². The monoisotopic (exact) mass is 418 g/mol. The fourth-order valence-electron chi connectivity index (χ4n) is 4.50. The van der Waals surface area contributed by atoms with E-state index in [1.165, 1.54) is 4.90 Å². The third kappa shape index (κ3) is 3.82. The molecule has 0 unspecified atom stereocenters. The minimum Gasteiger partial charge on any atom is -0.495 e. The van der Waals surface area contributed by atoms with E-state index in [0.717, 1.165) is 49.0 Å². The molecule has 160 valence electrons. The number of nitrogens with one attached hydrogen (secondary N) is 1. The highest BCUT2D eigenvalue weighted by atomic mass is 16.5. The first-order chi connectivity index (χ1) is 15.0. The van der Waals surface area contributed by atoms with Crippen molar-refractivity contribution in [3.05, 3.63) is 59.9 Å². The molecule has 1 fully saturated rings. The summed E-state index contributed by atoms with van der Waals surface area (Å²) < 4.78 is 5.49. The number of quaternary nitrogens is 1. The molecular weight excluding hydrogens is 390 g/mol. The van der Waals surface area contributed by atoms with Gasteiger partial charge in [-0.3, -0.25) is 4.79 Å². The third-order valence-electron chi connectivity index (χ3n) is 6.16. The van der Waals surface area contributed by atoms with Crippen LogP contribution in [-0.4, -0.2) is 59.7 Å². The molecule has 4 rings (SSSR count). The molecule has 2 aliphatic rings. The molecule has 0 spiro atoms. The highest BCUT2D eigenvalue weighted by Gasteiger charge is 2.33. The Labute approximate surface area is 183 Å². The molecule has 7 nitrogen and oxygen atoms in total. The minimum atomic E-state index is -0.107. The van der Waals surface area contributed by atoms with Crippen LogP contribution in [0.3, 0.4) is 0 Å². The van der Waals surface area contributed by atoms with E-state index in [4.69, 9.17) is 4.74 Å². The van der Waals surface area contributed by atoms with Crippen molar-refractivity contribution in [3.63, 3.8) is 0 Å². The van der Waals surface area contributed by atoms with E-state index >= 15 is 0 Å². The number of ketones is 1. The van der Waals surface area contributed by atoms with Crippen molar-refractivity contribution in [1.82, 2.24) is 0 Å². The molecule has 0 aromatic heterocycles. The minimum absolute atomic E-state index is 0.107. The molecule has 2 aromatic carbocycles. The number of anilines is 3. The predicted molar refractivity (Wildman–Crippen MR) is 122 cm³/mol. The topological polar surface area (TPSA) is 64.2 Å². The summed E-state index contributed by atoms with van der Waals surface area (Å²) in [6, 6.07) is 18.1. The van der Waals surface area contributed by atoms with E-state index in [2.05, 4.69) is 17.0 Å². The number of rotatable bonds is 5. The van der Waals surface area contributed by atoms with Crippen molar-refractivity contribution >= 4 is 22.8 Å². The van der Waals surface area contributed by atoms with E-state index in [1.807, 2.05) is 66.4 Å². The van der Waals surface area contributed by atoms with Gasteiger partial charge in [-0.15, -0.1) is 0 Å². The summed E-state index contributed by atoms with van der Waals surface area (Å²) in [7, 11) is 5.49. The van der Waals surface area contributed by atoms with Gasteiger partial charge in [0.1, 0.15) is 29.8 Å². The first-order valence-corrected chi connectivity index (χ1v) is 10.5. The van der Waals surface area contributed by atoms with Crippen LogP contribution in [-0.2, 0) is 4.79 Å². The number of hydrogen-bond donors (Lipinski definition) is 1. The van der Waals surface area contributed by atoms with Gasteiger partial charge in [0.2, 0.25) is 5.78 Å². The summed E-state index contributed by atoms with van der Waals surface area (Å²) in [6.45, 7) is 3.68. The second-order valence-electron chi connectivity index (χ2n) is 7.93. The number of nitriles is 1. The lowest BCUT2D eigenvalue weighted by Gasteiger charge is -2.34. The maximum absolute atomic E-state index is 13.1. The van der Waals surface area contributed by atoms with Gasteiger partial charge in [-0.1, -0.05) is 24.3 Å². The van der Waals surface area contributed by atoms with Gasteiger partial charge in [0, 0.05) is 14.1 Å². The summed E-state index contributed by atoms with van der Waals surface area (Å²) in [5.74, 6) is 1.41. The van der Waals surface area contributed by atoms with Gasteiger partial charge in [-0.05, 0) is 24.3 Å². The molecule has 7 heteroatoms. The molecule has 2 aliphatic heterocycles. The Bertz CT molecular complexity index is 1020. The number of nitrogens with zero attached hydrogens (tertiary/aromatic N) is 4.